The molecule has 4 nitrogen and oxygen atoms in total. The van der Waals surface area contributed by atoms with E-state index in [-0.39, 0.29) is 0 Å². The van der Waals surface area contributed by atoms with Crippen LogP contribution in [0.2, 0.25) is 0 Å². The molecule has 0 atom stereocenters. The van der Waals surface area contributed by atoms with Crippen LogP contribution in [0.1, 0.15) is 33.1 Å². The summed E-state index contributed by atoms with van der Waals surface area (Å²) >= 11 is 0. The fraction of sp³-hybridized carbons (Fsp3) is 0.500. The highest BCUT2D eigenvalue weighted by Crippen LogP contribution is 2.34. The number of nitrogen functional groups attached to an aromatic ring is 1. The van der Waals surface area contributed by atoms with Crippen molar-refractivity contribution in [1.82, 2.24) is 9.97 Å². The van der Waals surface area contributed by atoms with Crippen LogP contribution in [0, 0.1) is 5.92 Å². The molecule has 1 aliphatic rings. The van der Waals surface area contributed by atoms with Gasteiger partial charge in [0.2, 0.25) is 0 Å². The number of rotatable bonds is 5. The fourth-order valence-corrected chi connectivity index (χ4v) is 2.53. The van der Waals surface area contributed by atoms with Crippen molar-refractivity contribution < 1.29 is 0 Å². The zero-order valence-electron chi connectivity index (χ0n) is 12.2. The van der Waals surface area contributed by atoms with E-state index in [4.69, 9.17) is 5.73 Å². The predicted octanol–water partition coefficient (Wildman–Crippen LogP) is 3.23. The number of aromatic nitrogens is 2. The van der Waals surface area contributed by atoms with Gasteiger partial charge in [-0.15, -0.1) is 0 Å². The topological polar surface area (TPSA) is 55.0 Å². The minimum Gasteiger partial charge on any atom is -0.399 e. The van der Waals surface area contributed by atoms with Crippen LogP contribution in [0.3, 0.4) is 0 Å². The first-order valence-electron chi connectivity index (χ1n) is 7.42. The first-order chi connectivity index (χ1) is 9.65. The zero-order valence-corrected chi connectivity index (χ0v) is 12.2. The Morgan fingerprint density at radius 1 is 1.30 bits per heavy atom. The average Bonchev–Trinajstić information content (AvgIpc) is 3.23. The van der Waals surface area contributed by atoms with Crippen molar-refractivity contribution in [3.8, 4) is 0 Å². The number of hydrogen-bond acceptors (Lipinski definition) is 4. The number of anilines is 2. The van der Waals surface area contributed by atoms with E-state index in [1.54, 1.807) is 6.33 Å². The molecule has 0 bridgehead atoms. The molecule has 1 aromatic heterocycles. The maximum absolute atomic E-state index is 5.93. The molecule has 0 radical (unpaired) electrons. The third-order valence-corrected chi connectivity index (χ3v) is 3.85. The van der Waals surface area contributed by atoms with Gasteiger partial charge in [-0.3, -0.25) is 0 Å². The molecule has 4 heteroatoms. The van der Waals surface area contributed by atoms with Crippen LogP contribution in [0.15, 0.2) is 24.5 Å². The third-order valence-electron chi connectivity index (χ3n) is 3.85. The molecule has 1 fully saturated rings. The Morgan fingerprint density at radius 3 is 2.80 bits per heavy atom. The number of benzene rings is 1. The van der Waals surface area contributed by atoms with Crippen molar-refractivity contribution in [2.45, 2.75) is 39.2 Å². The van der Waals surface area contributed by atoms with Crippen molar-refractivity contribution in [3.05, 3.63) is 24.5 Å². The van der Waals surface area contributed by atoms with Crippen molar-refractivity contribution in [1.29, 1.82) is 0 Å². The number of nitrogens with zero attached hydrogens (tertiary/aromatic N) is 3. The number of nitrogens with two attached hydrogens (primary N) is 1. The molecule has 0 amide bonds. The monoisotopic (exact) mass is 270 g/mol. The Kier molecular flexibility index (Phi) is 3.47. The minimum absolute atomic E-state index is 0.647. The van der Waals surface area contributed by atoms with E-state index in [1.165, 1.54) is 19.3 Å². The maximum atomic E-state index is 5.93. The molecular formula is C16H22N4. The van der Waals surface area contributed by atoms with Crippen LogP contribution in [0.25, 0.3) is 10.9 Å². The molecule has 106 valence electrons. The van der Waals surface area contributed by atoms with Crippen LogP contribution < -0.4 is 10.6 Å². The maximum Gasteiger partial charge on any atom is 0.140 e. The summed E-state index contributed by atoms with van der Waals surface area (Å²) in [4.78, 5) is 11.3. The number of hydrogen-bond donors (Lipinski definition) is 1. The lowest BCUT2D eigenvalue weighted by Crippen LogP contribution is -2.28. The Labute approximate surface area is 120 Å². The van der Waals surface area contributed by atoms with E-state index < -0.39 is 0 Å². The van der Waals surface area contributed by atoms with E-state index in [2.05, 4.69) is 28.7 Å². The molecule has 3 rings (SSSR count). The Morgan fingerprint density at radius 2 is 2.10 bits per heavy atom. The summed E-state index contributed by atoms with van der Waals surface area (Å²) in [7, 11) is 0. The molecule has 20 heavy (non-hydrogen) atoms. The summed E-state index contributed by atoms with van der Waals surface area (Å²) < 4.78 is 0. The van der Waals surface area contributed by atoms with Crippen LogP contribution in [-0.4, -0.2) is 22.6 Å². The molecule has 2 aromatic rings. The third kappa shape index (κ3) is 2.69. The first kappa shape index (κ1) is 13.2. The lowest BCUT2D eigenvalue weighted by molar-refractivity contribution is 0.569. The summed E-state index contributed by atoms with van der Waals surface area (Å²) in [5, 5.41) is 1.07. The van der Waals surface area contributed by atoms with Crippen molar-refractivity contribution in [2.75, 3.05) is 17.2 Å². The molecule has 1 aliphatic carbocycles. The lowest BCUT2D eigenvalue weighted by Gasteiger charge is -2.25. The molecule has 0 saturated heterocycles. The van der Waals surface area contributed by atoms with E-state index in [9.17, 15) is 0 Å². The normalized spacial score (nSPS) is 14.9. The van der Waals surface area contributed by atoms with E-state index in [1.807, 2.05) is 18.2 Å². The zero-order chi connectivity index (χ0) is 14.1. The van der Waals surface area contributed by atoms with Gasteiger partial charge < -0.3 is 10.6 Å². The first-order valence-corrected chi connectivity index (χ1v) is 7.42. The van der Waals surface area contributed by atoms with Gasteiger partial charge in [-0.05, 0) is 43.4 Å². The second kappa shape index (κ2) is 5.27. The standard InChI is InChI=1S/C16H22N4/c1-11(2)7-8-20(13-4-5-13)16-14-9-12(17)3-6-15(14)18-10-19-16/h3,6,9-11,13H,4-5,7-8,17H2,1-2H3. The van der Waals surface area contributed by atoms with E-state index in [0.717, 1.165) is 29.0 Å². The highest BCUT2D eigenvalue weighted by Gasteiger charge is 2.30. The average molecular weight is 270 g/mol. The molecule has 1 heterocycles. The van der Waals surface area contributed by atoms with Crippen molar-refractivity contribution in [3.63, 3.8) is 0 Å². The second-order valence-electron chi connectivity index (χ2n) is 6.08. The van der Waals surface area contributed by atoms with Gasteiger partial charge in [0, 0.05) is 23.7 Å². The molecule has 0 spiro atoms. The summed E-state index contributed by atoms with van der Waals surface area (Å²) in [6.07, 6.45) is 5.39. The fourth-order valence-electron chi connectivity index (χ4n) is 2.53. The van der Waals surface area contributed by atoms with Crippen LogP contribution in [0.4, 0.5) is 11.5 Å². The summed E-state index contributed by atoms with van der Waals surface area (Å²) in [5.41, 5.74) is 7.68. The van der Waals surface area contributed by atoms with Gasteiger partial charge in [0.05, 0.1) is 5.52 Å². The Hall–Kier alpha value is -1.84. The molecule has 1 saturated carbocycles. The van der Waals surface area contributed by atoms with E-state index in [0.29, 0.717) is 12.0 Å². The summed E-state index contributed by atoms with van der Waals surface area (Å²) in [5.74, 6) is 1.75. The molecule has 2 N–H and O–H groups in total. The Balaban J connectivity index is 1.99. The quantitative estimate of drug-likeness (QED) is 0.847. The molecule has 0 aliphatic heterocycles. The molecule has 1 aromatic carbocycles. The molecule has 0 unspecified atom stereocenters. The van der Waals surface area contributed by atoms with Gasteiger partial charge in [0.25, 0.3) is 0 Å². The van der Waals surface area contributed by atoms with Crippen molar-refractivity contribution in [2.24, 2.45) is 5.92 Å². The van der Waals surface area contributed by atoms with Gasteiger partial charge >= 0.3 is 0 Å². The smallest absolute Gasteiger partial charge is 0.140 e. The van der Waals surface area contributed by atoms with Crippen LogP contribution >= 0.6 is 0 Å². The minimum atomic E-state index is 0.647. The summed E-state index contributed by atoms with van der Waals surface area (Å²) in [6.45, 7) is 5.59. The van der Waals surface area contributed by atoms with Gasteiger partial charge in [-0.2, -0.15) is 0 Å². The summed E-state index contributed by atoms with van der Waals surface area (Å²) in [6, 6.07) is 6.52. The second-order valence-corrected chi connectivity index (χ2v) is 6.08. The van der Waals surface area contributed by atoms with Gasteiger partial charge in [0.15, 0.2) is 0 Å². The highest BCUT2D eigenvalue weighted by atomic mass is 15.2. The van der Waals surface area contributed by atoms with Crippen molar-refractivity contribution >= 4 is 22.4 Å². The molecular weight excluding hydrogens is 248 g/mol. The van der Waals surface area contributed by atoms with E-state index >= 15 is 0 Å². The van der Waals surface area contributed by atoms with Gasteiger partial charge in [0.1, 0.15) is 12.1 Å². The number of fused-ring (bicyclic) bond motifs is 1. The van der Waals surface area contributed by atoms with Gasteiger partial charge in [-0.1, -0.05) is 13.8 Å². The Bertz CT molecular complexity index is 604. The van der Waals surface area contributed by atoms with Crippen LogP contribution in [0.5, 0.6) is 0 Å². The van der Waals surface area contributed by atoms with Gasteiger partial charge in [-0.25, -0.2) is 9.97 Å². The lowest BCUT2D eigenvalue weighted by atomic mass is 10.1. The largest absolute Gasteiger partial charge is 0.399 e. The predicted molar refractivity (Wildman–Crippen MR) is 83.8 cm³/mol. The SMILES string of the molecule is CC(C)CCN(c1ncnc2ccc(N)cc12)C1CC1. The highest BCUT2D eigenvalue weighted by molar-refractivity contribution is 5.91. The van der Waals surface area contributed by atoms with Crippen LogP contribution in [-0.2, 0) is 0 Å².